The van der Waals surface area contributed by atoms with E-state index in [9.17, 15) is 18.8 Å². The fourth-order valence-corrected chi connectivity index (χ4v) is 5.87. The Morgan fingerprint density at radius 1 is 1.02 bits per heavy atom. The van der Waals surface area contributed by atoms with Crippen molar-refractivity contribution in [2.24, 2.45) is 0 Å². The average molecular weight is 599 g/mol. The van der Waals surface area contributed by atoms with E-state index in [1.54, 1.807) is 34.9 Å². The van der Waals surface area contributed by atoms with Gasteiger partial charge in [-0.3, -0.25) is 13.9 Å². The Morgan fingerprint density at radius 3 is 2.34 bits per heavy atom. The maximum atomic E-state index is 14.3. The zero-order valence-electron chi connectivity index (χ0n) is 22.6. The number of ether oxygens (including phenoxy) is 1. The summed E-state index contributed by atoms with van der Waals surface area (Å²) in [6.07, 6.45) is 1.79. The van der Waals surface area contributed by atoms with Gasteiger partial charge in [-0.05, 0) is 74.9 Å². The molecule has 1 unspecified atom stereocenters. The molecule has 4 aromatic rings. The first-order valence-corrected chi connectivity index (χ1v) is 14.0. The number of likely N-dealkylation sites (tertiary alicyclic amines) is 1. The van der Waals surface area contributed by atoms with Gasteiger partial charge in [-0.25, -0.2) is 14.0 Å². The molecule has 2 heterocycles. The van der Waals surface area contributed by atoms with Crippen LogP contribution in [0.3, 0.4) is 0 Å². The van der Waals surface area contributed by atoms with E-state index in [1.807, 2.05) is 16.7 Å². The highest BCUT2D eigenvalue weighted by atomic mass is 35.5. The average Bonchev–Trinajstić information content (AvgIpc) is 3.26. The summed E-state index contributed by atoms with van der Waals surface area (Å²) in [7, 11) is 3.28. The molecule has 11 heteroatoms. The normalized spacial score (nSPS) is 15.1. The summed E-state index contributed by atoms with van der Waals surface area (Å²) in [5.41, 5.74) is 2.18. The number of nitrogens with one attached hydrogen (secondary N) is 1. The van der Waals surface area contributed by atoms with Crippen LogP contribution in [0.1, 0.15) is 34.8 Å². The lowest BCUT2D eigenvalue weighted by Crippen LogP contribution is -2.43. The second-order valence-corrected chi connectivity index (χ2v) is 11.0. The van der Waals surface area contributed by atoms with Crippen LogP contribution in [-0.2, 0) is 16.0 Å². The number of amides is 1. The Hall–Kier alpha value is -3.66. The number of hydrogen-bond donors (Lipinski definition) is 1. The molecule has 1 atom stereocenters. The third-order valence-electron chi connectivity index (χ3n) is 7.51. The van der Waals surface area contributed by atoms with Crippen molar-refractivity contribution in [1.82, 2.24) is 19.4 Å². The number of piperidine rings is 1. The van der Waals surface area contributed by atoms with Crippen LogP contribution in [0.2, 0.25) is 10.0 Å². The molecule has 5 rings (SSSR count). The Morgan fingerprint density at radius 2 is 1.68 bits per heavy atom. The van der Waals surface area contributed by atoms with Crippen molar-refractivity contribution in [3.8, 4) is 5.69 Å². The van der Waals surface area contributed by atoms with Crippen molar-refractivity contribution in [2.45, 2.75) is 31.3 Å². The van der Waals surface area contributed by atoms with Gasteiger partial charge in [0.25, 0.3) is 5.91 Å². The van der Waals surface area contributed by atoms with Crippen LogP contribution in [-0.4, -0.2) is 59.2 Å². The second-order valence-electron chi connectivity index (χ2n) is 10.1. The number of rotatable bonds is 7. The third kappa shape index (κ3) is 5.75. The number of methoxy groups -OCH3 is 1. The molecule has 41 heavy (non-hydrogen) atoms. The third-order valence-corrected chi connectivity index (χ3v) is 8.13. The number of imidazole rings is 1. The van der Waals surface area contributed by atoms with E-state index in [0.717, 1.165) is 37.5 Å². The predicted molar refractivity (Wildman–Crippen MR) is 157 cm³/mol. The molecular formula is C30H29Cl2FN4O4. The molecule has 1 aromatic heterocycles. The molecule has 0 radical (unpaired) electrons. The first kappa shape index (κ1) is 28.9. The molecule has 214 valence electrons. The molecule has 1 aliphatic heterocycles. The zero-order valence-corrected chi connectivity index (χ0v) is 24.1. The van der Waals surface area contributed by atoms with Gasteiger partial charge in [-0.2, -0.15) is 0 Å². The SMILES string of the molecule is COC(=O)C(Cc1ccc(-n2c(=O)n(C3CCN(C)CC3)c3cccc(Cl)c32)cc1)NC(=O)c1c(F)cccc1Cl. The van der Waals surface area contributed by atoms with Gasteiger partial charge in [-0.15, -0.1) is 0 Å². The van der Waals surface area contributed by atoms with Crippen LogP contribution in [0.25, 0.3) is 16.7 Å². The number of fused-ring (bicyclic) bond motifs is 1. The number of halogens is 3. The van der Waals surface area contributed by atoms with E-state index >= 15 is 0 Å². The number of carbonyl (C=O) groups is 2. The van der Waals surface area contributed by atoms with Gasteiger partial charge in [0.1, 0.15) is 11.9 Å². The molecular weight excluding hydrogens is 570 g/mol. The smallest absolute Gasteiger partial charge is 0.334 e. The quantitative estimate of drug-likeness (QED) is 0.302. The highest BCUT2D eigenvalue weighted by Gasteiger charge is 2.27. The van der Waals surface area contributed by atoms with Crippen LogP contribution >= 0.6 is 23.2 Å². The monoisotopic (exact) mass is 598 g/mol. The first-order valence-electron chi connectivity index (χ1n) is 13.2. The minimum atomic E-state index is -1.10. The number of para-hydroxylation sites is 1. The lowest BCUT2D eigenvalue weighted by atomic mass is 10.0. The summed E-state index contributed by atoms with van der Waals surface area (Å²) in [5, 5.41) is 2.92. The molecule has 1 N–H and O–H groups in total. The topological polar surface area (TPSA) is 85.6 Å². The summed E-state index contributed by atoms with van der Waals surface area (Å²) < 4.78 is 22.6. The number of aromatic nitrogens is 2. The second kappa shape index (κ2) is 12.1. The molecule has 1 aliphatic rings. The number of carbonyl (C=O) groups excluding carboxylic acids is 2. The van der Waals surface area contributed by atoms with E-state index in [-0.39, 0.29) is 28.7 Å². The van der Waals surface area contributed by atoms with Crippen molar-refractivity contribution in [1.29, 1.82) is 0 Å². The minimum absolute atomic E-state index is 0.0626. The van der Waals surface area contributed by atoms with Crippen molar-refractivity contribution >= 4 is 46.1 Å². The molecule has 0 aliphatic carbocycles. The lowest BCUT2D eigenvalue weighted by Gasteiger charge is -2.29. The van der Waals surface area contributed by atoms with Gasteiger partial charge in [0.2, 0.25) is 0 Å². The van der Waals surface area contributed by atoms with Crippen molar-refractivity contribution in [2.75, 3.05) is 27.2 Å². The molecule has 0 bridgehead atoms. The van der Waals surface area contributed by atoms with E-state index in [4.69, 9.17) is 27.9 Å². The number of esters is 1. The minimum Gasteiger partial charge on any atom is -0.467 e. The summed E-state index contributed by atoms with van der Waals surface area (Å²) in [4.78, 5) is 41.4. The maximum Gasteiger partial charge on any atom is 0.334 e. The fourth-order valence-electron chi connectivity index (χ4n) is 5.37. The molecule has 1 saturated heterocycles. The Labute approximate surface area is 246 Å². The standard InChI is InChI=1S/C30H29Cl2FN4O4/c1-35-15-13-20(14-16-35)36-25-8-4-6-22(32)27(25)37(30(36)40)19-11-9-18(10-12-19)17-24(29(39)41-2)34-28(38)26-21(31)5-3-7-23(26)33/h3-12,20,24H,13-17H2,1-2H3,(H,34,38). The van der Waals surface area contributed by atoms with Crippen LogP contribution in [0.5, 0.6) is 0 Å². The van der Waals surface area contributed by atoms with Gasteiger partial charge in [0.05, 0.1) is 39.4 Å². The van der Waals surface area contributed by atoms with Gasteiger partial charge in [0.15, 0.2) is 0 Å². The molecule has 1 fully saturated rings. The van der Waals surface area contributed by atoms with Crippen LogP contribution in [0.4, 0.5) is 4.39 Å². The number of benzene rings is 3. The zero-order chi connectivity index (χ0) is 29.3. The highest BCUT2D eigenvalue weighted by Crippen LogP contribution is 2.30. The van der Waals surface area contributed by atoms with Gasteiger partial charge < -0.3 is 15.0 Å². The molecule has 8 nitrogen and oxygen atoms in total. The largest absolute Gasteiger partial charge is 0.467 e. The summed E-state index contributed by atoms with van der Waals surface area (Å²) in [5.74, 6) is -2.33. The molecule has 0 saturated carbocycles. The van der Waals surface area contributed by atoms with Crippen LogP contribution in [0, 0.1) is 5.82 Å². The van der Waals surface area contributed by atoms with Crippen LogP contribution < -0.4 is 11.0 Å². The van der Waals surface area contributed by atoms with Gasteiger partial charge >= 0.3 is 11.7 Å². The summed E-state index contributed by atoms with van der Waals surface area (Å²) >= 11 is 12.6. The molecule has 0 spiro atoms. The van der Waals surface area contributed by atoms with E-state index in [1.165, 1.54) is 19.2 Å². The van der Waals surface area contributed by atoms with Crippen molar-refractivity contribution in [3.05, 3.63) is 98.1 Å². The first-order chi connectivity index (χ1) is 19.7. The van der Waals surface area contributed by atoms with Crippen molar-refractivity contribution < 1.29 is 18.7 Å². The van der Waals surface area contributed by atoms with Crippen molar-refractivity contribution in [3.63, 3.8) is 0 Å². The molecule has 3 aromatic carbocycles. The summed E-state index contributed by atoms with van der Waals surface area (Å²) in [6, 6.07) is 15.4. The highest BCUT2D eigenvalue weighted by molar-refractivity contribution is 6.35. The Kier molecular flexibility index (Phi) is 8.49. The van der Waals surface area contributed by atoms with Gasteiger partial charge in [0, 0.05) is 12.5 Å². The maximum absolute atomic E-state index is 14.3. The summed E-state index contributed by atoms with van der Waals surface area (Å²) in [6.45, 7) is 1.81. The van der Waals surface area contributed by atoms with E-state index in [0.29, 0.717) is 21.8 Å². The fraction of sp³-hybridized carbons (Fsp3) is 0.300. The molecule has 1 amide bonds. The van der Waals surface area contributed by atoms with E-state index in [2.05, 4.69) is 17.3 Å². The van der Waals surface area contributed by atoms with E-state index < -0.39 is 23.7 Å². The Bertz CT molecular complexity index is 1640. The van der Waals surface area contributed by atoms with Crippen LogP contribution in [0.15, 0.2) is 65.5 Å². The van der Waals surface area contributed by atoms with Gasteiger partial charge in [-0.1, -0.05) is 47.5 Å². The Balaban J connectivity index is 1.44. The number of hydrogen-bond acceptors (Lipinski definition) is 5. The number of nitrogens with zero attached hydrogens (tertiary/aromatic N) is 3. The predicted octanol–water partition coefficient (Wildman–Crippen LogP) is 5.02. The lowest BCUT2D eigenvalue weighted by molar-refractivity contribution is -0.142.